The fraction of sp³-hybridized carbons (Fsp3) is 0.316. The Morgan fingerprint density at radius 1 is 1.08 bits per heavy atom. The molecule has 3 nitrogen and oxygen atoms in total. The average molecular weight is 360 g/mol. The van der Waals surface area contributed by atoms with Gasteiger partial charge in [-0.1, -0.05) is 12.1 Å². The Labute approximate surface area is 148 Å². The molecule has 3 aromatic rings. The van der Waals surface area contributed by atoms with Crippen molar-refractivity contribution in [1.82, 2.24) is 9.88 Å². The zero-order valence-corrected chi connectivity index (χ0v) is 14.4. The van der Waals surface area contributed by atoms with Gasteiger partial charge in [-0.05, 0) is 53.8 Å². The summed E-state index contributed by atoms with van der Waals surface area (Å²) in [6, 6.07) is 11.7. The van der Waals surface area contributed by atoms with Crippen molar-refractivity contribution in [1.29, 1.82) is 0 Å². The van der Waals surface area contributed by atoms with Gasteiger partial charge in [-0.3, -0.25) is 4.90 Å². The van der Waals surface area contributed by atoms with Crippen molar-refractivity contribution in [3.63, 3.8) is 0 Å². The number of hydrogen-bond donors (Lipinski definition) is 0. The summed E-state index contributed by atoms with van der Waals surface area (Å²) in [7, 11) is 0. The van der Waals surface area contributed by atoms with Crippen molar-refractivity contribution in [3.05, 3.63) is 58.6 Å². The van der Waals surface area contributed by atoms with Crippen LogP contribution in [0, 0.1) is 0 Å². The summed E-state index contributed by atoms with van der Waals surface area (Å²) >= 11 is 1.65. The van der Waals surface area contributed by atoms with Crippen LogP contribution in [-0.2, 0) is 19.4 Å². The van der Waals surface area contributed by atoms with Crippen LogP contribution in [0.4, 0.5) is 8.78 Å². The predicted molar refractivity (Wildman–Crippen MR) is 95.4 cm³/mol. The molecule has 0 N–H and O–H groups in total. The molecule has 1 aliphatic rings. The molecule has 25 heavy (non-hydrogen) atoms. The lowest BCUT2D eigenvalue weighted by atomic mass is 10.0. The molecule has 0 spiro atoms. The number of ether oxygens (including phenoxy) is 1. The minimum absolute atomic E-state index is 0.246. The second-order valence-electron chi connectivity index (χ2n) is 6.24. The van der Waals surface area contributed by atoms with Crippen molar-refractivity contribution in [3.8, 4) is 5.75 Å². The molecule has 2 heterocycles. The molecule has 0 bridgehead atoms. The summed E-state index contributed by atoms with van der Waals surface area (Å²) < 4.78 is 30.5. The van der Waals surface area contributed by atoms with Crippen molar-refractivity contribution >= 4 is 21.6 Å². The van der Waals surface area contributed by atoms with E-state index < -0.39 is 6.61 Å². The summed E-state index contributed by atoms with van der Waals surface area (Å²) in [5.41, 5.74) is 6.51. The van der Waals surface area contributed by atoms with E-state index in [-0.39, 0.29) is 5.75 Å². The predicted octanol–water partition coefficient (Wildman–Crippen LogP) is 4.50. The Hall–Kier alpha value is -2.05. The molecular formula is C19H18F2N2OS. The van der Waals surface area contributed by atoms with E-state index in [1.807, 2.05) is 11.6 Å². The van der Waals surface area contributed by atoms with Crippen molar-refractivity contribution in [2.45, 2.75) is 26.0 Å². The summed E-state index contributed by atoms with van der Waals surface area (Å²) in [5, 5.41) is 0. The van der Waals surface area contributed by atoms with Gasteiger partial charge in [0.05, 0.1) is 15.7 Å². The number of benzene rings is 2. The van der Waals surface area contributed by atoms with Crippen LogP contribution in [0.25, 0.3) is 10.2 Å². The van der Waals surface area contributed by atoms with Gasteiger partial charge in [0, 0.05) is 19.6 Å². The number of halogens is 2. The molecule has 0 amide bonds. The minimum Gasteiger partial charge on any atom is -0.435 e. The van der Waals surface area contributed by atoms with E-state index in [4.69, 9.17) is 0 Å². The van der Waals surface area contributed by atoms with Crippen molar-refractivity contribution < 1.29 is 13.5 Å². The van der Waals surface area contributed by atoms with Crippen LogP contribution in [0.5, 0.6) is 5.75 Å². The van der Waals surface area contributed by atoms with Crippen LogP contribution in [0.3, 0.4) is 0 Å². The fourth-order valence-corrected chi connectivity index (χ4v) is 4.00. The molecule has 0 unspecified atom stereocenters. The normalized spacial score (nSPS) is 15.3. The number of aromatic nitrogens is 1. The Morgan fingerprint density at radius 3 is 2.76 bits per heavy atom. The topological polar surface area (TPSA) is 25.4 Å². The lowest BCUT2D eigenvalue weighted by molar-refractivity contribution is -0.0498. The highest BCUT2D eigenvalue weighted by atomic mass is 32.1. The second kappa shape index (κ2) is 7.06. The van der Waals surface area contributed by atoms with Gasteiger partial charge in [-0.25, -0.2) is 4.98 Å². The van der Waals surface area contributed by atoms with Crippen LogP contribution in [0.15, 0.2) is 41.9 Å². The number of hydrogen-bond acceptors (Lipinski definition) is 4. The minimum atomic E-state index is -2.78. The molecule has 1 aliphatic heterocycles. The van der Waals surface area contributed by atoms with Gasteiger partial charge >= 0.3 is 6.61 Å². The second-order valence-corrected chi connectivity index (χ2v) is 7.13. The molecule has 0 fully saturated rings. The van der Waals surface area contributed by atoms with E-state index >= 15 is 0 Å². The van der Waals surface area contributed by atoms with Gasteiger partial charge < -0.3 is 4.74 Å². The van der Waals surface area contributed by atoms with E-state index in [0.29, 0.717) is 0 Å². The molecule has 4 rings (SSSR count). The molecule has 6 heteroatoms. The van der Waals surface area contributed by atoms with Gasteiger partial charge in [0.2, 0.25) is 0 Å². The van der Waals surface area contributed by atoms with Crippen molar-refractivity contribution in [2.75, 3.05) is 13.1 Å². The van der Waals surface area contributed by atoms with Gasteiger partial charge in [0.25, 0.3) is 0 Å². The Kier molecular flexibility index (Phi) is 4.63. The van der Waals surface area contributed by atoms with Crippen LogP contribution >= 0.6 is 11.3 Å². The lowest BCUT2D eigenvalue weighted by Crippen LogP contribution is -2.25. The largest absolute Gasteiger partial charge is 0.435 e. The van der Waals surface area contributed by atoms with Crippen molar-refractivity contribution in [2.24, 2.45) is 0 Å². The molecule has 0 radical (unpaired) electrons. The first-order valence-corrected chi connectivity index (χ1v) is 9.16. The first kappa shape index (κ1) is 16.4. The quantitative estimate of drug-likeness (QED) is 0.685. The highest BCUT2D eigenvalue weighted by Crippen LogP contribution is 2.24. The van der Waals surface area contributed by atoms with E-state index in [0.717, 1.165) is 43.6 Å². The number of thiazole rings is 1. The highest BCUT2D eigenvalue weighted by molar-refractivity contribution is 7.16. The van der Waals surface area contributed by atoms with E-state index in [1.165, 1.54) is 15.8 Å². The third-order valence-electron chi connectivity index (χ3n) is 4.60. The Balaban J connectivity index is 1.45. The van der Waals surface area contributed by atoms with E-state index in [9.17, 15) is 8.78 Å². The summed E-state index contributed by atoms with van der Waals surface area (Å²) in [6.07, 6.45) is 1.76. The maximum atomic E-state index is 12.4. The smallest absolute Gasteiger partial charge is 0.387 e. The zero-order valence-electron chi connectivity index (χ0n) is 13.6. The van der Waals surface area contributed by atoms with Gasteiger partial charge in [-0.2, -0.15) is 8.78 Å². The van der Waals surface area contributed by atoms with Gasteiger partial charge in [0.15, 0.2) is 0 Å². The Bertz CT molecular complexity index is 881. The van der Waals surface area contributed by atoms with Crippen LogP contribution in [-0.4, -0.2) is 29.6 Å². The summed E-state index contributed by atoms with van der Waals surface area (Å²) in [6.45, 7) is -0.0415. The van der Waals surface area contributed by atoms with Crippen LogP contribution in [0.1, 0.15) is 16.7 Å². The monoisotopic (exact) mass is 360 g/mol. The van der Waals surface area contributed by atoms with E-state index in [1.54, 1.807) is 23.5 Å². The highest BCUT2D eigenvalue weighted by Gasteiger charge is 2.16. The van der Waals surface area contributed by atoms with E-state index in [2.05, 4.69) is 32.8 Å². The Morgan fingerprint density at radius 2 is 1.92 bits per heavy atom. The number of fused-ring (bicyclic) bond motifs is 2. The molecule has 0 saturated carbocycles. The SMILES string of the molecule is FC(F)Oc1ccc2c(c1)CCN(Cc1ccc3scnc3c1)CC2. The molecule has 0 aliphatic carbocycles. The standard InChI is InChI=1S/C19H18F2N2OS/c20-19(21)24-16-3-2-14-5-7-23(8-6-15(14)10-16)11-13-1-4-18-17(9-13)22-12-25-18/h1-4,9-10,12,19H,5-8,11H2. The molecule has 0 atom stereocenters. The van der Waals surface area contributed by atoms with Gasteiger partial charge in [-0.15, -0.1) is 11.3 Å². The molecule has 0 saturated heterocycles. The third-order valence-corrected chi connectivity index (χ3v) is 5.41. The lowest BCUT2D eigenvalue weighted by Gasteiger charge is -2.19. The zero-order chi connectivity index (χ0) is 17.2. The maximum Gasteiger partial charge on any atom is 0.387 e. The van der Waals surface area contributed by atoms with Gasteiger partial charge in [0.1, 0.15) is 5.75 Å². The summed E-state index contributed by atoms with van der Waals surface area (Å²) in [5.74, 6) is 0.246. The molecule has 1 aromatic heterocycles. The molecule has 130 valence electrons. The average Bonchev–Trinajstić information content (AvgIpc) is 2.96. The number of nitrogens with zero attached hydrogens (tertiary/aromatic N) is 2. The molecular weight excluding hydrogens is 342 g/mol. The first-order valence-electron chi connectivity index (χ1n) is 8.28. The third kappa shape index (κ3) is 3.80. The fourth-order valence-electron chi connectivity index (χ4n) is 3.34. The van der Waals surface area contributed by atoms with Crippen LogP contribution < -0.4 is 4.74 Å². The number of alkyl halides is 2. The first-order chi connectivity index (χ1) is 12.2. The summed E-state index contributed by atoms with van der Waals surface area (Å²) in [4.78, 5) is 6.79. The number of rotatable bonds is 4. The van der Waals surface area contributed by atoms with Crippen LogP contribution in [0.2, 0.25) is 0 Å². The molecule has 2 aromatic carbocycles. The maximum absolute atomic E-state index is 12.4.